The summed E-state index contributed by atoms with van der Waals surface area (Å²) in [5.41, 5.74) is 1.18. The van der Waals surface area contributed by atoms with Crippen LogP contribution in [0.25, 0.3) is 11.2 Å². The minimum Gasteiger partial charge on any atom is -0.364 e. The first-order chi connectivity index (χ1) is 14.7. The number of fused-ring (bicyclic) bond motifs is 1. The Labute approximate surface area is 178 Å². The summed E-state index contributed by atoms with van der Waals surface area (Å²) in [6.07, 6.45) is -2.64. The van der Waals surface area contributed by atoms with Crippen molar-refractivity contribution in [3.8, 4) is 0 Å². The van der Waals surface area contributed by atoms with E-state index in [4.69, 9.17) is 9.97 Å². The van der Waals surface area contributed by atoms with Crippen LogP contribution in [0.5, 0.6) is 0 Å². The second-order valence-corrected chi connectivity index (χ2v) is 8.13. The SMILES string of the molecule is CC(C)n1cnc2c(NCc3cccc(C(F)(F)F)c3)nc(N3CCN(C)CC3)nc21. The lowest BCUT2D eigenvalue weighted by Gasteiger charge is -2.32. The van der Waals surface area contributed by atoms with Gasteiger partial charge in [0.1, 0.15) is 0 Å². The van der Waals surface area contributed by atoms with Crippen LogP contribution in [-0.4, -0.2) is 57.6 Å². The molecular formula is C21H26F3N7. The average Bonchev–Trinajstić information content (AvgIpc) is 3.16. The molecular weight excluding hydrogens is 407 g/mol. The van der Waals surface area contributed by atoms with Crippen LogP contribution < -0.4 is 10.2 Å². The van der Waals surface area contributed by atoms with Crippen LogP contribution in [0, 0.1) is 0 Å². The molecule has 0 bridgehead atoms. The third-order valence-corrected chi connectivity index (χ3v) is 5.47. The fourth-order valence-corrected chi connectivity index (χ4v) is 3.60. The maximum absolute atomic E-state index is 13.0. The smallest absolute Gasteiger partial charge is 0.364 e. The Kier molecular flexibility index (Phi) is 5.74. The molecule has 7 nitrogen and oxygen atoms in total. The fraction of sp³-hybridized carbons (Fsp3) is 0.476. The molecule has 1 aliphatic rings. The van der Waals surface area contributed by atoms with E-state index in [0.717, 1.165) is 38.3 Å². The van der Waals surface area contributed by atoms with Gasteiger partial charge in [0, 0.05) is 38.8 Å². The van der Waals surface area contributed by atoms with Crippen molar-refractivity contribution in [1.29, 1.82) is 0 Å². The second-order valence-electron chi connectivity index (χ2n) is 8.13. The lowest BCUT2D eigenvalue weighted by molar-refractivity contribution is -0.137. The highest BCUT2D eigenvalue weighted by Crippen LogP contribution is 2.30. The molecule has 1 saturated heterocycles. The van der Waals surface area contributed by atoms with E-state index in [0.29, 0.717) is 28.5 Å². The summed E-state index contributed by atoms with van der Waals surface area (Å²) in [5.74, 6) is 1.13. The molecule has 0 radical (unpaired) electrons. The van der Waals surface area contributed by atoms with Gasteiger partial charge in [0.15, 0.2) is 17.0 Å². The van der Waals surface area contributed by atoms with Crippen LogP contribution in [0.2, 0.25) is 0 Å². The van der Waals surface area contributed by atoms with Gasteiger partial charge in [-0.2, -0.15) is 23.1 Å². The Bertz CT molecular complexity index is 1050. The van der Waals surface area contributed by atoms with Crippen molar-refractivity contribution in [3.05, 3.63) is 41.7 Å². The van der Waals surface area contributed by atoms with Gasteiger partial charge in [-0.3, -0.25) is 0 Å². The number of aromatic nitrogens is 4. The molecule has 31 heavy (non-hydrogen) atoms. The highest BCUT2D eigenvalue weighted by atomic mass is 19.4. The quantitative estimate of drug-likeness (QED) is 0.661. The molecule has 1 fully saturated rings. The molecule has 1 aromatic carbocycles. The molecule has 1 aliphatic heterocycles. The maximum atomic E-state index is 13.0. The number of imidazole rings is 1. The second kappa shape index (κ2) is 8.33. The number of hydrogen-bond acceptors (Lipinski definition) is 6. The predicted molar refractivity (Wildman–Crippen MR) is 114 cm³/mol. The summed E-state index contributed by atoms with van der Waals surface area (Å²) in [7, 11) is 2.08. The number of likely N-dealkylation sites (N-methyl/N-ethyl adjacent to an activating group) is 1. The standard InChI is InChI=1S/C21H26F3N7/c1-14(2)31-13-26-17-18(25-12-15-5-4-6-16(11-15)21(22,23)24)27-20(28-19(17)31)30-9-7-29(3)8-10-30/h4-6,11,13-14H,7-10,12H2,1-3H3,(H,25,27,28). The molecule has 0 atom stereocenters. The van der Waals surface area contributed by atoms with Crippen LogP contribution >= 0.6 is 0 Å². The zero-order valence-electron chi connectivity index (χ0n) is 17.8. The van der Waals surface area contributed by atoms with Gasteiger partial charge in [0.05, 0.1) is 11.9 Å². The molecule has 0 unspecified atom stereocenters. The first-order valence-corrected chi connectivity index (χ1v) is 10.3. The number of piperazine rings is 1. The van der Waals surface area contributed by atoms with Crippen LogP contribution in [0.15, 0.2) is 30.6 Å². The molecule has 0 spiro atoms. The summed E-state index contributed by atoms with van der Waals surface area (Å²) in [5, 5.41) is 3.19. The van der Waals surface area contributed by atoms with E-state index in [1.165, 1.54) is 6.07 Å². The van der Waals surface area contributed by atoms with E-state index in [2.05, 4.69) is 41.0 Å². The van der Waals surface area contributed by atoms with Gasteiger partial charge in [-0.05, 0) is 38.6 Å². The van der Waals surface area contributed by atoms with E-state index < -0.39 is 11.7 Å². The number of alkyl halides is 3. The number of halogens is 3. The Balaban J connectivity index is 1.66. The van der Waals surface area contributed by atoms with E-state index in [9.17, 15) is 13.2 Å². The molecule has 0 saturated carbocycles. The summed E-state index contributed by atoms with van der Waals surface area (Å²) in [6.45, 7) is 7.75. The van der Waals surface area contributed by atoms with Gasteiger partial charge in [0.2, 0.25) is 5.95 Å². The lowest BCUT2D eigenvalue weighted by Crippen LogP contribution is -2.45. The molecule has 2 aromatic heterocycles. The zero-order valence-corrected chi connectivity index (χ0v) is 17.8. The topological polar surface area (TPSA) is 62.1 Å². The highest BCUT2D eigenvalue weighted by molar-refractivity contribution is 5.84. The van der Waals surface area contributed by atoms with Gasteiger partial charge in [0.25, 0.3) is 0 Å². The van der Waals surface area contributed by atoms with Crippen molar-refractivity contribution in [2.45, 2.75) is 32.6 Å². The summed E-state index contributed by atoms with van der Waals surface area (Å²) in [4.78, 5) is 18.3. The van der Waals surface area contributed by atoms with Gasteiger partial charge >= 0.3 is 6.18 Å². The Hall–Kier alpha value is -2.88. The number of rotatable bonds is 5. The van der Waals surface area contributed by atoms with Gasteiger partial charge in [-0.15, -0.1) is 0 Å². The van der Waals surface area contributed by atoms with Crippen LogP contribution in [-0.2, 0) is 12.7 Å². The molecule has 10 heteroatoms. The van der Waals surface area contributed by atoms with Crippen LogP contribution in [0.1, 0.15) is 31.0 Å². The van der Waals surface area contributed by atoms with E-state index in [-0.39, 0.29) is 12.6 Å². The van der Waals surface area contributed by atoms with Crippen molar-refractivity contribution < 1.29 is 13.2 Å². The van der Waals surface area contributed by atoms with E-state index in [1.807, 2.05) is 4.57 Å². The van der Waals surface area contributed by atoms with Crippen molar-refractivity contribution in [1.82, 2.24) is 24.4 Å². The fourth-order valence-electron chi connectivity index (χ4n) is 3.60. The molecule has 3 heterocycles. The van der Waals surface area contributed by atoms with Gasteiger partial charge in [-0.1, -0.05) is 12.1 Å². The largest absolute Gasteiger partial charge is 0.416 e. The van der Waals surface area contributed by atoms with Crippen molar-refractivity contribution >= 4 is 22.9 Å². The summed E-state index contributed by atoms with van der Waals surface area (Å²) in [6, 6.07) is 5.46. The maximum Gasteiger partial charge on any atom is 0.416 e. The zero-order chi connectivity index (χ0) is 22.2. The number of nitrogens with one attached hydrogen (secondary N) is 1. The number of hydrogen-bond donors (Lipinski definition) is 1. The molecule has 0 amide bonds. The molecule has 0 aliphatic carbocycles. The third-order valence-electron chi connectivity index (χ3n) is 5.47. The van der Waals surface area contributed by atoms with Crippen LogP contribution in [0.4, 0.5) is 24.9 Å². The average molecular weight is 433 g/mol. The minimum absolute atomic E-state index is 0.163. The van der Waals surface area contributed by atoms with Crippen molar-refractivity contribution in [2.24, 2.45) is 0 Å². The predicted octanol–water partition coefficient (Wildman–Crippen LogP) is 3.79. The number of anilines is 2. The van der Waals surface area contributed by atoms with Crippen molar-refractivity contribution in [2.75, 3.05) is 43.4 Å². The first-order valence-electron chi connectivity index (χ1n) is 10.3. The van der Waals surface area contributed by atoms with E-state index >= 15 is 0 Å². The summed E-state index contributed by atoms with van der Waals surface area (Å²) < 4.78 is 41.1. The highest BCUT2D eigenvalue weighted by Gasteiger charge is 2.30. The summed E-state index contributed by atoms with van der Waals surface area (Å²) >= 11 is 0. The molecule has 166 valence electrons. The number of nitrogens with zero attached hydrogens (tertiary/aromatic N) is 6. The monoisotopic (exact) mass is 433 g/mol. The number of benzene rings is 1. The Morgan fingerprint density at radius 1 is 1.10 bits per heavy atom. The van der Waals surface area contributed by atoms with Crippen LogP contribution in [0.3, 0.4) is 0 Å². The normalized spacial score (nSPS) is 15.8. The van der Waals surface area contributed by atoms with Gasteiger partial charge in [-0.25, -0.2) is 4.98 Å². The molecule has 4 rings (SSSR count). The van der Waals surface area contributed by atoms with E-state index in [1.54, 1.807) is 12.4 Å². The minimum atomic E-state index is -4.37. The van der Waals surface area contributed by atoms with Gasteiger partial charge < -0.3 is 19.7 Å². The molecule has 3 aromatic rings. The first kappa shape index (κ1) is 21.4. The Morgan fingerprint density at radius 2 is 1.84 bits per heavy atom. The van der Waals surface area contributed by atoms with Crippen molar-refractivity contribution in [3.63, 3.8) is 0 Å². The Morgan fingerprint density at radius 3 is 2.52 bits per heavy atom. The third kappa shape index (κ3) is 4.58. The lowest BCUT2D eigenvalue weighted by atomic mass is 10.1. The molecule has 1 N–H and O–H groups in total.